The molecule has 2 aromatic carbocycles. The largest absolute Gasteiger partial charge is 0.504 e. The summed E-state index contributed by atoms with van der Waals surface area (Å²) in [7, 11) is 0. The summed E-state index contributed by atoms with van der Waals surface area (Å²) in [6.07, 6.45) is 0.943. The van der Waals surface area contributed by atoms with Crippen molar-refractivity contribution in [1.29, 1.82) is 0 Å². The summed E-state index contributed by atoms with van der Waals surface area (Å²) in [6, 6.07) is 10.5. The molecule has 2 aromatic rings. The molecular weight excluding hydrogens is 334 g/mol. The normalized spacial score (nSPS) is 11.7. The zero-order valence-electron chi connectivity index (χ0n) is 15.1. The van der Waals surface area contributed by atoms with Crippen LogP contribution in [-0.4, -0.2) is 28.7 Å². The third kappa shape index (κ3) is 4.53. The Morgan fingerprint density at radius 2 is 1.73 bits per heavy atom. The number of benzene rings is 2. The number of esters is 1. The summed E-state index contributed by atoms with van der Waals surface area (Å²) >= 11 is 0. The van der Waals surface area contributed by atoms with E-state index < -0.39 is 24.2 Å². The van der Waals surface area contributed by atoms with E-state index in [-0.39, 0.29) is 17.4 Å². The van der Waals surface area contributed by atoms with Crippen LogP contribution in [0.4, 0.5) is 0 Å². The van der Waals surface area contributed by atoms with Crippen LogP contribution < -0.4 is 5.32 Å². The number of hydrogen-bond donors (Lipinski definition) is 3. The van der Waals surface area contributed by atoms with Crippen molar-refractivity contribution in [2.75, 3.05) is 6.61 Å². The van der Waals surface area contributed by atoms with Crippen LogP contribution in [-0.2, 0) is 16.0 Å². The quantitative estimate of drug-likeness (QED) is 0.546. The van der Waals surface area contributed by atoms with Crippen LogP contribution in [0, 0.1) is 6.92 Å². The Morgan fingerprint density at radius 1 is 1.08 bits per heavy atom. The van der Waals surface area contributed by atoms with Gasteiger partial charge in [0.05, 0.1) is 6.04 Å². The number of carbonyl (C=O) groups is 2. The number of aromatic hydroxyl groups is 2. The predicted molar refractivity (Wildman–Crippen MR) is 97.2 cm³/mol. The lowest BCUT2D eigenvalue weighted by Gasteiger charge is -2.15. The number of phenols is 2. The Labute approximate surface area is 152 Å². The van der Waals surface area contributed by atoms with Gasteiger partial charge in [-0.15, -0.1) is 0 Å². The molecule has 6 nitrogen and oxygen atoms in total. The molecular formula is C20H23NO5. The number of aryl methyl sites for hydroxylation is 2. The molecule has 0 bridgehead atoms. The van der Waals surface area contributed by atoms with Crippen molar-refractivity contribution in [2.45, 2.75) is 33.2 Å². The zero-order valence-corrected chi connectivity index (χ0v) is 15.1. The third-order valence-corrected chi connectivity index (χ3v) is 4.17. The van der Waals surface area contributed by atoms with Crippen LogP contribution >= 0.6 is 0 Å². The number of rotatable bonds is 6. The van der Waals surface area contributed by atoms with E-state index in [2.05, 4.69) is 12.2 Å². The lowest BCUT2D eigenvalue weighted by atomic mass is 10.1. The second-order valence-electron chi connectivity index (χ2n) is 6.09. The second kappa shape index (κ2) is 8.38. The summed E-state index contributed by atoms with van der Waals surface area (Å²) < 4.78 is 4.92. The molecule has 1 unspecified atom stereocenters. The van der Waals surface area contributed by atoms with E-state index in [9.17, 15) is 19.8 Å². The molecule has 0 aliphatic carbocycles. The summed E-state index contributed by atoms with van der Waals surface area (Å²) in [5, 5.41) is 22.2. The predicted octanol–water partition coefficient (Wildman–Crippen LogP) is 3.00. The van der Waals surface area contributed by atoms with Crippen molar-refractivity contribution in [2.24, 2.45) is 0 Å². The first-order valence-electron chi connectivity index (χ1n) is 8.40. The van der Waals surface area contributed by atoms with Gasteiger partial charge in [-0.05, 0) is 43.0 Å². The minimum Gasteiger partial charge on any atom is -0.504 e. The zero-order chi connectivity index (χ0) is 19.3. The molecule has 1 amide bonds. The SMILES string of the molecule is CCc1ccc(C(C)NC(=O)COC(=O)c2ccc(C)c(O)c2O)cc1. The molecule has 1 atom stereocenters. The fraction of sp³-hybridized carbons (Fsp3) is 0.300. The van der Waals surface area contributed by atoms with Crippen LogP contribution in [0.25, 0.3) is 0 Å². The van der Waals surface area contributed by atoms with Crippen molar-refractivity contribution in [3.05, 3.63) is 58.7 Å². The molecule has 0 fully saturated rings. The lowest BCUT2D eigenvalue weighted by molar-refractivity contribution is -0.124. The Bertz CT molecular complexity index is 799. The van der Waals surface area contributed by atoms with Crippen LogP contribution in [0.3, 0.4) is 0 Å². The van der Waals surface area contributed by atoms with Gasteiger partial charge in [-0.25, -0.2) is 4.79 Å². The van der Waals surface area contributed by atoms with Crippen molar-refractivity contribution in [1.82, 2.24) is 5.32 Å². The molecule has 0 heterocycles. The average molecular weight is 357 g/mol. The first kappa shape index (κ1) is 19.3. The number of hydrogen-bond acceptors (Lipinski definition) is 5. The topological polar surface area (TPSA) is 95.9 Å². The van der Waals surface area contributed by atoms with E-state index in [1.54, 1.807) is 6.92 Å². The fourth-order valence-corrected chi connectivity index (χ4v) is 2.46. The molecule has 3 N–H and O–H groups in total. The van der Waals surface area contributed by atoms with E-state index in [0.29, 0.717) is 5.56 Å². The van der Waals surface area contributed by atoms with Gasteiger partial charge in [-0.2, -0.15) is 0 Å². The second-order valence-corrected chi connectivity index (χ2v) is 6.09. The van der Waals surface area contributed by atoms with Crippen LogP contribution in [0.1, 0.15) is 46.9 Å². The van der Waals surface area contributed by atoms with E-state index in [4.69, 9.17) is 4.74 Å². The molecule has 0 radical (unpaired) electrons. The number of ether oxygens (including phenoxy) is 1. The molecule has 0 aliphatic heterocycles. The van der Waals surface area contributed by atoms with Gasteiger partial charge in [0.15, 0.2) is 18.1 Å². The third-order valence-electron chi connectivity index (χ3n) is 4.17. The van der Waals surface area contributed by atoms with Crippen molar-refractivity contribution >= 4 is 11.9 Å². The van der Waals surface area contributed by atoms with Gasteiger partial charge in [-0.3, -0.25) is 4.79 Å². The first-order valence-corrected chi connectivity index (χ1v) is 8.40. The highest BCUT2D eigenvalue weighted by Crippen LogP contribution is 2.32. The maximum absolute atomic E-state index is 12.0. The van der Waals surface area contributed by atoms with Gasteiger partial charge >= 0.3 is 5.97 Å². The monoisotopic (exact) mass is 357 g/mol. The maximum Gasteiger partial charge on any atom is 0.342 e. The van der Waals surface area contributed by atoms with Gasteiger partial charge in [0.2, 0.25) is 0 Å². The van der Waals surface area contributed by atoms with Gasteiger partial charge in [0, 0.05) is 0 Å². The summed E-state index contributed by atoms with van der Waals surface area (Å²) in [6.45, 7) is 5.01. The van der Waals surface area contributed by atoms with E-state index in [1.165, 1.54) is 17.7 Å². The Morgan fingerprint density at radius 3 is 2.35 bits per heavy atom. The summed E-state index contributed by atoms with van der Waals surface area (Å²) in [5.41, 5.74) is 2.40. The van der Waals surface area contributed by atoms with Gasteiger partial charge < -0.3 is 20.3 Å². The molecule has 0 aromatic heterocycles. The van der Waals surface area contributed by atoms with Crippen LogP contribution in [0.2, 0.25) is 0 Å². The Balaban J connectivity index is 1.91. The van der Waals surface area contributed by atoms with Crippen molar-refractivity contribution in [3.8, 4) is 11.5 Å². The molecule has 0 aliphatic rings. The number of nitrogens with one attached hydrogen (secondary N) is 1. The maximum atomic E-state index is 12.0. The summed E-state index contributed by atoms with van der Waals surface area (Å²) in [5.74, 6) is -2.28. The highest BCUT2D eigenvalue weighted by Gasteiger charge is 2.19. The Kier molecular flexibility index (Phi) is 6.22. The standard InChI is InChI=1S/C20H23NO5/c1-4-14-6-8-15(9-7-14)13(3)21-17(22)11-26-20(25)16-10-5-12(2)18(23)19(16)24/h5-10,13,23-24H,4,11H2,1-3H3,(H,21,22). The minimum atomic E-state index is -0.882. The van der Waals surface area contributed by atoms with Crippen molar-refractivity contribution < 1.29 is 24.5 Å². The van der Waals surface area contributed by atoms with E-state index >= 15 is 0 Å². The van der Waals surface area contributed by atoms with Crippen LogP contribution in [0.5, 0.6) is 11.5 Å². The molecule has 26 heavy (non-hydrogen) atoms. The average Bonchev–Trinajstić information content (AvgIpc) is 2.64. The molecule has 0 spiro atoms. The number of amides is 1. The molecule has 138 valence electrons. The Hall–Kier alpha value is -3.02. The molecule has 0 saturated heterocycles. The highest BCUT2D eigenvalue weighted by molar-refractivity contribution is 5.95. The summed E-state index contributed by atoms with van der Waals surface area (Å²) in [4.78, 5) is 24.0. The fourth-order valence-electron chi connectivity index (χ4n) is 2.46. The number of carbonyl (C=O) groups excluding carboxylic acids is 2. The smallest absolute Gasteiger partial charge is 0.342 e. The highest BCUT2D eigenvalue weighted by atomic mass is 16.5. The van der Waals surface area contributed by atoms with Gasteiger partial charge in [0.25, 0.3) is 5.91 Å². The van der Waals surface area contributed by atoms with E-state index in [0.717, 1.165) is 12.0 Å². The van der Waals surface area contributed by atoms with Crippen LogP contribution in [0.15, 0.2) is 36.4 Å². The van der Waals surface area contributed by atoms with Crippen molar-refractivity contribution in [3.63, 3.8) is 0 Å². The van der Waals surface area contributed by atoms with Gasteiger partial charge in [0.1, 0.15) is 5.56 Å². The van der Waals surface area contributed by atoms with Gasteiger partial charge in [-0.1, -0.05) is 37.3 Å². The minimum absolute atomic E-state index is 0.191. The molecule has 6 heteroatoms. The van der Waals surface area contributed by atoms with E-state index in [1.807, 2.05) is 31.2 Å². The first-order chi connectivity index (χ1) is 12.3. The number of phenolic OH excluding ortho intramolecular Hbond substituents is 2. The lowest BCUT2D eigenvalue weighted by Crippen LogP contribution is -2.31. The molecule has 0 saturated carbocycles. The molecule has 2 rings (SSSR count).